The summed E-state index contributed by atoms with van der Waals surface area (Å²) in [5.41, 5.74) is 2.11. The molecule has 7 nitrogen and oxygen atoms in total. The minimum atomic E-state index is -3.84. The molecule has 1 aromatic heterocycles. The summed E-state index contributed by atoms with van der Waals surface area (Å²) in [5.74, 6) is -0.270. The second-order valence-electron chi connectivity index (χ2n) is 5.90. The lowest BCUT2D eigenvalue weighted by molar-refractivity contribution is -0.122. The highest BCUT2D eigenvalue weighted by atomic mass is 32.2. The monoisotopic (exact) mass is 348 g/mol. The van der Waals surface area contributed by atoms with Gasteiger partial charge in [-0.05, 0) is 37.8 Å². The SMILES string of the molecule is Cc1cccc(S(=O)(=O)N[C@@H]2CCCCNC2=O)c1-c1cn[nH]c1. The van der Waals surface area contributed by atoms with Crippen LogP contribution in [0.1, 0.15) is 24.8 Å². The Hall–Kier alpha value is -2.19. The maximum Gasteiger partial charge on any atom is 0.241 e. The van der Waals surface area contributed by atoms with Crippen molar-refractivity contribution in [2.75, 3.05) is 6.54 Å². The van der Waals surface area contributed by atoms with Gasteiger partial charge in [-0.3, -0.25) is 9.89 Å². The summed E-state index contributed by atoms with van der Waals surface area (Å²) >= 11 is 0. The number of amides is 1. The number of aromatic amines is 1. The van der Waals surface area contributed by atoms with Gasteiger partial charge in [0.1, 0.15) is 6.04 Å². The Labute approximate surface area is 140 Å². The van der Waals surface area contributed by atoms with Crippen molar-refractivity contribution in [3.05, 3.63) is 36.2 Å². The lowest BCUT2D eigenvalue weighted by Crippen LogP contribution is -2.45. The Balaban J connectivity index is 1.98. The molecule has 8 heteroatoms. The van der Waals surface area contributed by atoms with E-state index in [0.29, 0.717) is 24.1 Å². The third kappa shape index (κ3) is 3.34. The van der Waals surface area contributed by atoms with Crippen molar-refractivity contribution < 1.29 is 13.2 Å². The molecule has 2 heterocycles. The number of nitrogens with one attached hydrogen (secondary N) is 3. The van der Waals surface area contributed by atoms with Crippen LogP contribution in [0.5, 0.6) is 0 Å². The summed E-state index contributed by atoms with van der Waals surface area (Å²) in [6.45, 7) is 2.43. The Morgan fingerprint density at radius 2 is 2.12 bits per heavy atom. The highest BCUT2D eigenvalue weighted by Crippen LogP contribution is 2.30. The fourth-order valence-electron chi connectivity index (χ4n) is 2.92. The number of benzene rings is 1. The fourth-order valence-corrected chi connectivity index (χ4v) is 4.46. The molecule has 1 fully saturated rings. The average molecular weight is 348 g/mol. The van der Waals surface area contributed by atoms with E-state index in [-0.39, 0.29) is 10.8 Å². The molecule has 0 aliphatic carbocycles. The van der Waals surface area contributed by atoms with Crippen molar-refractivity contribution in [1.82, 2.24) is 20.2 Å². The quantitative estimate of drug-likeness (QED) is 0.775. The maximum absolute atomic E-state index is 12.9. The minimum absolute atomic E-state index is 0.154. The molecule has 1 saturated heterocycles. The molecule has 0 saturated carbocycles. The number of nitrogens with zero attached hydrogens (tertiary/aromatic N) is 1. The molecule has 128 valence electrons. The van der Waals surface area contributed by atoms with Crippen LogP contribution < -0.4 is 10.0 Å². The highest BCUT2D eigenvalue weighted by Gasteiger charge is 2.29. The van der Waals surface area contributed by atoms with E-state index in [1.54, 1.807) is 24.5 Å². The van der Waals surface area contributed by atoms with Gasteiger partial charge in [0.2, 0.25) is 15.9 Å². The summed E-state index contributed by atoms with van der Waals surface area (Å²) in [4.78, 5) is 12.2. The second kappa shape index (κ2) is 6.74. The molecule has 0 unspecified atom stereocenters. The first-order valence-corrected chi connectivity index (χ1v) is 9.36. The molecule has 3 rings (SSSR count). The van der Waals surface area contributed by atoms with Crippen molar-refractivity contribution in [3.63, 3.8) is 0 Å². The van der Waals surface area contributed by atoms with Gasteiger partial charge in [-0.25, -0.2) is 8.42 Å². The molecule has 1 atom stereocenters. The molecule has 0 radical (unpaired) electrons. The first-order chi connectivity index (χ1) is 11.5. The summed E-state index contributed by atoms with van der Waals surface area (Å²) in [5, 5.41) is 9.34. The largest absolute Gasteiger partial charge is 0.355 e. The van der Waals surface area contributed by atoms with E-state index < -0.39 is 16.1 Å². The Bertz CT molecular complexity index is 831. The maximum atomic E-state index is 12.9. The average Bonchev–Trinajstić information content (AvgIpc) is 2.99. The van der Waals surface area contributed by atoms with E-state index >= 15 is 0 Å². The highest BCUT2D eigenvalue weighted by molar-refractivity contribution is 7.89. The first kappa shape index (κ1) is 16.7. The lowest BCUT2D eigenvalue weighted by atomic mass is 10.0. The molecular weight excluding hydrogens is 328 g/mol. The summed E-state index contributed by atoms with van der Waals surface area (Å²) < 4.78 is 28.4. The van der Waals surface area contributed by atoms with Gasteiger partial charge < -0.3 is 5.32 Å². The second-order valence-corrected chi connectivity index (χ2v) is 7.58. The van der Waals surface area contributed by atoms with Crippen LogP contribution in [-0.4, -0.2) is 37.1 Å². The Kier molecular flexibility index (Phi) is 4.68. The molecule has 1 aliphatic rings. The molecule has 0 bridgehead atoms. The van der Waals surface area contributed by atoms with Gasteiger partial charge in [-0.2, -0.15) is 9.82 Å². The summed E-state index contributed by atoms with van der Waals surface area (Å²) in [6, 6.07) is 4.35. The number of rotatable bonds is 4. The van der Waals surface area contributed by atoms with Crippen molar-refractivity contribution in [3.8, 4) is 11.1 Å². The van der Waals surface area contributed by atoms with E-state index in [9.17, 15) is 13.2 Å². The number of hydrogen-bond acceptors (Lipinski definition) is 4. The zero-order valence-corrected chi connectivity index (χ0v) is 14.2. The van der Waals surface area contributed by atoms with Crippen LogP contribution in [-0.2, 0) is 14.8 Å². The normalized spacial score (nSPS) is 18.9. The third-order valence-corrected chi connectivity index (χ3v) is 5.66. The molecule has 1 aliphatic heterocycles. The van der Waals surface area contributed by atoms with Gasteiger partial charge in [0.25, 0.3) is 0 Å². The molecular formula is C16H20N4O3S. The minimum Gasteiger partial charge on any atom is -0.355 e. The number of aryl methyl sites for hydroxylation is 1. The smallest absolute Gasteiger partial charge is 0.241 e. The number of H-pyrrole nitrogens is 1. The molecule has 2 aromatic rings. The number of carbonyl (C=O) groups is 1. The van der Waals surface area contributed by atoms with E-state index in [1.807, 2.05) is 13.0 Å². The number of carbonyl (C=O) groups excluding carboxylic acids is 1. The number of aromatic nitrogens is 2. The first-order valence-electron chi connectivity index (χ1n) is 7.88. The van der Waals surface area contributed by atoms with Gasteiger partial charge >= 0.3 is 0 Å². The van der Waals surface area contributed by atoms with Crippen LogP contribution in [0, 0.1) is 6.92 Å². The van der Waals surface area contributed by atoms with Crippen LogP contribution in [0.15, 0.2) is 35.5 Å². The third-order valence-electron chi connectivity index (χ3n) is 4.14. The number of hydrogen-bond donors (Lipinski definition) is 3. The van der Waals surface area contributed by atoms with E-state index in [2.05, 4.69) is 20.2 Å². The zero-order chi connectivity index (χ0) is 17.2. The van der Waals surface area contributed by atoms with Crippen LogP contribution in [0.2, 0.25) is 0 Å². The van der Waals surface area contributed by atoms with Crippen LogP contribution in [0.4, 0.5) is 0 Å². The van der Waals surface area contributed by atoms with Gasteiger partial charge in [-0.1, -0.05) is 12.1 Å². The molecule has 24 heavy (non-hydrogen) atoms. The summed E-state index contributed by atoms with van der Waals surface area (Å²) in [7, 11) is -3.84. The van der Waals surface area contributed by atoms with Gasteiger partial charge in [0.05, 0.1) is 11.1 Å². The topological polar surface area (TPSA) is 104 Å². The van der Waals surface area contributed by atoms with Crippen LogP contribution >= 0.6 is 0 Å². The number of sulfonamides is 1. The fraction of sp³-hybridized carbons (Fsp3) is 0.375. The van der Waals surface area contributed by atoms with Gasteiger partial charge in [0.15, 0.2) is 0 Å². The zero-order valence-electron chi connectivity index (χ0n) is 13.4. The van der Waals surface area contributed by atoms with Gasteiger partial charge in [-0.15, -0.1) is 0 Å². The van der Waals surface area contributed by atoms with Crippen molar-refractivity contribution in [1.29, 1.82) is 0 Å². The molecule has 0 spiro atoms. The van der Waals surface area contributed by atoms with Crippen LogP contribution in [0.3, 0.4) is 0 Å². The molecule has 1 amide bonds. The molecule has 3 N–H and O–H groups in total. The van der Waals surface area contributed by atoms with Crippen LogP contribution in [0.25, 0.3) is 11.1 Å². The molecule has 1 aromatic carbocycles. The predicted molar refractivity (Wildman–Crippen MR) is 89.7 cm³/mol. The van der Waals surface area contributed by atoms with Crippen molar-refractivity contribution >= 4 is 15.9 Å². The van der Waals surface area contributed by atoms with E-state index in [0.717, 1.165) is 18.4 Å². The Morgan fingerprint density at radius 3 is 2.88 bits per heavy atom. The van der Waals surface area contributed by atoms with Crippen molar-refractivity contribution in [2.45, 2.75) is 37.1 Å². The summed E-state index contributed by atoms with van der Waals surface area (Å²) in [6.07, 6.45) is 5.39. The van der Waals surface area contributed by atoms with Gasteiger partial charge in [0, 0.05) is 23.9 Å². The Morgan fingerprint density at radius 1 is 1.29 bits per heavy atom. The van der Waals surface area contributed by atoms with Crippen molar-refractivity contribution in [2.24, 2.45) is 0 Å². The standard InChI is InChI=1S/C16H20N4O3S/c1-11-5-4-7-14(15(11)12-9-18-19-10-12)24(22,23)20-13-6-2-3-8-17-16(13)21/h4-5,7,9-10,13,20H,2-3,6,8H2,1H3,(H,17,21)(H,18,19)/t13-/m1/s1. The van der Waals surface area contributed by atoms with E-state index in [4.69, 9.17) is 0 Å². The lowest BCUT2D eigenvalue weighted by Gasteiger charge is -2.18. The van der Waals surface area contributed by atoms with E-state index in [1.165, 1.54) is 0 Å². The predicted octanol–water partition coefficient (Wildman–Crippen LogP) is 1.33.